The molecule has 1 aliphatic rings. The maximum absolute atomic E-state index is 3.64. The van der Waals surface area contributed by atoms with E-state index in [0.29, 0.717) is 0 Å². The van der Waals surface area contributed by atoms with Crippen LogP contribution in [0.25, 0.3) is 0 Å². The van der Waals surface area contributed by atoms with Crippen LogP contribution in [-0.4, -0.2) is 31.1 Å². The van der Waals surface area contributed by atoms with Gasteiger partial charge in [-0.15, -0.1) is 0 Å². The molecule has 0 unspecified atom stereocenters. The van der Waals surface area contributed by atoms with Crippen molar-refractivity contribution in [1.82, 2.24) is 10.2 Å². The van der Waals surface area contributed by atoms with Crippen LogP contribution in [-0.2, 0) is 6.54 Å². The van der Waals surface area contributed by atoms with Gasteiger partial charge in [-0.25, -0.2) is 0 Å². The third kappa shape index (κ3) is 4.08. The zero-order chi connectivity index (χ0) is 12.8. The van der Waals surface area contributed by atoms with E-state index < -0.39 is 0 Å². The number of rotatable bonds is 5. The Hall–Kier alpha value is -0.380. The minimum atomic E-state index is 0.869. The zero-order valence-corrected chi connectivity index (χ0v) is 12.7. The Bertz CT molecular complexity index is 361. The monoisotopic (exact) mass is 310 g/mol. The van der Waals surface area contributed by atoms with Crippen LogP contribution in [0.2, 0.25) is 0 Å². The summed E-state index contributed by atoms with van der Waals surface area (Å²) in [6.45, 7) is 8.07. The molecule has 18 heavy (non-hydrogen) atoms. The number of nitrogens with zero attached hydrogens (tertiary/aromatic N) is 1. The number of hydrogen-bond donors (Lipinski definition) is 1. The fourth-order valence-corrected chi connectivity index (χ4v) is 3.01. The lowest BCUT2D eigenvalue weighted by Gasteiger charge is -2.29. The molecule has 1 aliphatic heterocycles. The Balaban J connectivity index is 1.90. The third-order valence-electron chi connectivity index (χ3n) is 3.77. The molecule has 0 aliphatic carbocycles. The van der Waals surface area contributed by atoms with Crippen LogP contribution in [0.4, 0.5) is 0 Å². The Morgan fingerprint density at radius 2 is 2.00 bits per heavy atom. The van der Waals surface area contributed by atoms with E-state index in [9.17, 15) is 0 Å². The third-order valence-corrected chi connectivity index (χ3v) is 4.55. The first-order chi connectivity index (χ1) is 8.79. The van der Waals surface area contributed by atoms with Gasteiger partial charge in [-0.1, -0.05) is 41.1 Å². The molecule has 2 nitrogen and oxygen atoms in total. The van der Waals surface area contributed by atoms with Crippen molar-refractivity contribution in [2.75, 3.05) is 26.2 Å². The highest BCUT2D eigenvalue weighted by atomic mass is 79.9. The molecule has 100 valence electrons. The van der Waals surface area contributed by atoms with Gasteiger partial charge in [0.2, 0.25) is 0 Å². The quantitative estimate of drug-likeness (QED) is 0.898. The van der Waals surface area contributed by atoms with Crippen molar-refractivity contribution >= 4 is 15.9 Å². The molecule has 1 fully saturated rings. The maximum atomic E-state index is 3.64. The van der Waals surface area contributed by atoms with Crippen molar-refractivity contribution in [3.63, 3.8) is 0 Å². The van der Waals surface area contributed by atoms with Crippen LogP contribution in [0.1, 0.15) is 25.3 Å². The Kier molecular flexibility index (Phi) is 5.67. The van der Waals surface area contributed by atoms with Crippen LogP contribution < -0.4 is 5.32 Å². The second kappa shape index (κ2) is 7.27. The molecule has 0 amide bonds. The van der Waals surface area contributed by atoms with Gasteiger partial charge in [0.15, 0.2) is 0 Å². The summed E-state index contributed by atoms with van der Waals surface area (Å²) in [6.07, 6.45) is 2.65. The summed E-state index contributed by atoms with van der Waals surface area (Å²) in [7, 11) is 0. The molecule has 0 atom stereocenters. The highest BCUT2D eigenvalue weighted by Gasteiger charge is 2.16. The predicted molar refractivity (Wildman–Crippen MR) is 80.7 cm³/mol. The SMILES string of the molecule is CCN(Cc1ccccc1Br)CC1CCNCC1. The highest BCUT2D eigenvalue weighted by molar-refractivity contribution is 9.10. The van der Waals surface area contributed by atoms with E-state index in [0.717, 1.165) is 19.0 Å². The van der Waals surface area contributed by atoms with Gasteiger partial charge in [0.05, 0.1) is 0 Å². The van der Waals surface area contributed by atoms with Gasteiger partial charge in [-0.05, 0) is 50.0 Å². The Labute approximate surface area is 119 Å². The summed E-state index contributed by atoms with van der Waals surface area (Å²) in [5.41, 5.74) is 1.40. The van der Waals surface area contributed by atoms with Crippen molar-refractivity contribution in [2.45, 2.75) is 26.3 Å². The zero-order valence-electron chi connectivity index (χ0n) is 11.2. The standard InChI is InChI=1S/C15H23BrN2/c1-2-18(11-13-7-9-17-10-8-13)12-14-5-3-4-6-15(14)16/h3-6,13,17H,2,7-12H2,1H3. The van der Waals surface area contributed by atoms with Gasteiger partial charge < -0.3 is 5.32 Å². The van der Waals surface area contributed by atoms with E-state index in [2.05, 4.69) is 57.3 Å². The smallest absolute Gasteiger partial charge is 0.0244 e. The summed E-state index contributed by atoms with van der Waals surface area (Å²) in [5.74, 6) is 0.869. The maximum Gasteiger partial charge on any atom is 0.0244 e. The van der Waals surface area contributed by atoms with E-state index in [4.69, 9.17) is 0 Å². The fourth-order valence-electron chi connectivity index (χ4n) is 2.60. The fraction of sp³-hybridized carbons (Fsp3) is 0.600. The normalized spacial score (nSPS) is 17.3. The van der Waals surface area contributed by atoms with E-state index in [1.165, 1.54) is 42.5 Å². The molecule has 1 saturated heterocycles. The van der Waals surface area contributed by atoms with Crippen molar-refractivity contribution < 1.29 is 0 Å². The molecule has 1 aromatic carbocycles. The first kappa shape index (κ1) is 14.0. The van der Waals surface area contributed by atoms with Crippen LogP contribution in [0.5, 0.6) is 0 Å². The van der Waals surface area contributed by atoms with Gasteiger partial charge in [0.25, 0.3) is 0 Å². The molecule has 0 spiro atoms. The molecule has 0 bridgehead atoms. The average Bonchev–Trinajstić information content (AvgIpc) is 2.41. The summed E-state index contributed by atoms with van der Waals surface area (Å²) in [5, 5.41) is 3.44. The molecule has 2 rings (SSSR count). The number of piperidine rings is 1. The van der Waals surface area contributed by atoms with E-state index in [1.807, 2.05) is 0 Å². The number of halogens is 1. The van der Waals surface area contributed by atoms with Crippen LogP contribution in [0.15, 0.2) is 28.7 Å². The average molecular weight is 311 g/mol. The minimum Gasteiger partial charge on any atom is -0.317 e. The van der Waals surface area contributed by atoms with Crippen molar-refractivity contribution in [1.29, 1.82) is 0 Å². The summed E-state index contributed by atoms with van der Waals surface area (Å²) < 4.78 is 1.23. The van der Waals surface area contributed by atoms with Crippen molar-refractivity contribution in [2.24, 2.45) is 5.92 Å². The van der Waals surface area contributed by atoms with E-state index >= 15 is 0 Å². The molecule has 0 aromatic heterocycles. The molecular formula is C15H23BrN2. The lowest BCUT2D eigenvalue weighted by molar-refractivity contribution is 0.207. The first-order valence-corrected chi connectivity index (χ1v) is 7.75. The van der Waals surface area contributed by atoms with Crippen LogP contribution in [0, 0.1) is 5.92 Å². The summed E-state index contributed by atoms with van der Waals surface area (Å²) in [6, 6.07) is 8.55. The second-order valence-corrected chi connectivity index (χ2v) is 5.97. The summed E-state index contributed by atoms with van der Waals surface area (Å²) >= 11 is 3.64. The first-order valence-electron chi connectivity index (χ1n) is 6.96. The number of nitrogens with one attached hydrogen (secondary N) is 1. The largest absolute Gasteiger partial charge is 0.317 e. The highest BCUT2D eigenvalue weighted by Crippen LogP contribution is 2.20. The molecular weight excluding hydrogens is 288 g/mol. The van der Waals surface area contributed by atoms with Crippen molar-refractivity contribution in [3.8, 4) is 0 Å². The van der Waals surface area contributed by atoms with Crippen LogP contribution >= 0.6 is 15.9 Å². The Morgan fingerprint density at radius 3 is 2.67 bits per heavy atom. The Morgan fingerprint density at radius 1 is 1.28 bits per heavy atom. The van der Waals surface area contributed by atoms with Gasteiger partial charge in [0.1, 0.15) is 0 Å². The molecule has 1 N–H and O–H groups in total. The summed E-state index contributed by atoms with van der Waals surface area (Å²) in [4.78, 5) is 2.57. The number of hydrogen-bond acceptors (Lipinski definition) is 2. The minimum absolute atomic E-state index is 0.869. The molecule has 0 radical (unpaired) electrons. The van der Waals surface area contributed by atoms with E-state index in [-0.39, 0.29) is 0 Å². The van der Waals surface area contributed by atoms with Gasteiger partial charge in [-0.2, -0.15) is 0 Å². The topological polar surface area (TPSA) is 15.3 Å². The van der Waals surface area contributed by atoms with Gasteiger partial charge in [-0.3, -0.25) is 4.90 Å². The van der Waals surface area contributed by atoms with Gasteiger partial charge >= 0.3 is 0 Å². The second-order valence-electron chi connectivity index (χ2n) is 5.11. The predicted octanol–water partition coefficient (Wildman–Crippen LogP) is 3.27. The lowest BCUT2D eigenvalue weighted by Crippen LogP contribution is -2.35. The molecule has 1 heterocycles. The number of benzene rings is 1. The van der Waals surface area contributed by atoms with E-state index in [1.54, 1.807) is 0 Å². The van der Waals surface area contributed by atoms with Gasteiger partial charge in [0, 0.05) is 17.6 Å². The molecule has 3 heteroatoms. The molecule has 0 saturated carbocycles. The van der Waals surface area contributed by atoms with Crippen molar-refractivity contribution in [3.05, 3.63) is 34.3 Å². The lowest BCUT2D eigenvalue weighted by atomic mass is 9.97. The molecule has 1 aromatic rings. The van der Waals surface area contributed by atoms with Crippen LogP contribution in [0.3, 0.4) is 0 Å².